The van der Waals surface area contributed by atoms with Gasteiger partial charge in [-0.25, -0.2) is 4.98 Å². The van der Waals surface area contributed by atoms with Crippen molar-refractivity contribution in [2.75, 3.05) is 6.61 Å². The first-order valence-electron chi connectivity index (χ1n) is 7.02. The van der Waals surface area contributed by atoms with Gasteiger partial charge in [0.15, 0.2) is 5.03 Å². The van der Waals surface area contributed by atoms with Crippen LogP contribution in [0.4, 0.5) is 5.69 Å². The van der Waals surface area contributed by atoms with Crippen LogP contribution in [0.25, 0.3) is 11.5 Å². The van der Waals surface area contributed by atoms with Gasteiger partial charge in [0.2, 0.25) is 0 Å². The van der Waals surface area contributed by atoms with E-state index in [-0.39, 0.29) is 21.8 Å². The van der Waals surface area contributed by atoms with Crippen LogP contribution in [0.15, 0.2) is 57.3 Å². The van der Waals surface area contributed by atoms with Gasteiger partial charge >= 0.3 is 5.69 Å². The maximum Gasteiger partial charge on any atom is 0.301 e. The van der Waals surface area contributed by atoms with Crippen LogP contribution in [0.5, 0.6) is 5.75 Å². The summed E-state index contributed by atoms with van der Waals surface area (Å²) in [6.07, 6.45) is 1.47. The molecule has 0 amide bonds. The topological polar surface area (TPSA) is 104 Å². The minimum Gasteiger partial charge on any atom is -0.493 e. The number of pyridine rings is 1. The van der Waals surface area contributed by atoms with Crippen molar-refractivity contribution in [3.05, 3.63) is 52.7 Å². The number of benzene rings is 1. The van der Waals surface area contributed by atoms with Crippen LogP contribution in [0.2, 0.25) is 0 Å². The van der Waals surface area contributed by atoms with Crippen LogP contribution >= 0.6 is 11.8 Å². The van der Waals surface area contributed by atoms with E-state index in [1.807, 2.05) is 19.1 Å². The molecule has 0 fully saturated rings. The Morgan fingerprint density at radius 1 is 1.25 bits per heavy atom. The van der Waals surface area contributed by atoms with E-state index in [4.69, 9.17) is 9.15 Å². The molecule has 0 N–H and O–H groups in total. The zero-order chi connectivity index (χ0) is 16.9. The number of ether oxygens (including phenoxy) is 1. The Morgan fingerprint density at radius 3 is 2.88 bits per heavy atom. The van der Waals surface area contributed by atoms with Crippen LogP contribution in [0.3, 0.4) is 0 Å². The van der Waals surface area contributed by atoms with Crippen LogP contribution in [-0.4, -0.2) is 26.7 Å². The van der Waals surface area contributed by atoms with Crippen LogP contribution in [-0.2, 0) is 0 Å². The second-order valence-corrected chi connectivity index (χ2v) is 5.43. The Bertz CT molecular complexity index is 868. The third kappa shape index (κ3) is 3.35. The average molecular weight is 344 g/mol. The predicted molar refractivity (Wildman–Crippen MR) is 85.9 cm³/mol. The summed E-state index contributed by atoms with van der Waals surface area (Å²) in [5.41, 5.74) is 0.547. The highest BCUT2D eigenvalue weighted by atomic mass is 32.2. The van der Waals surface area contributed by atoms with Crippen molar-refractivity contribution in [2.24, 2.45) is 0 Å². The summed E-state index contributed by atoms with van der Waals surface area (Å²) < 4.78 is 11.1. The van der Waals surface area contributed by atoms with Crippen molar-refractivity contribution >= 4 is 17.4 Å². The normalized spacial score (nSPS) is 10.5. The number of rotatable bonds is 6. The lowest BCUT2D eigenvalue weighted by Gasteiger charge is -2.05. The molecule has 8 nitrogen and oxygen atoms in total. The molecule has 3 rings (SSSR count). The fourth-order valence-electron chi connectivity index (χ4n) is 1.97. The first kappa shape index (κ1) is 15.9. The minimum atomic E-state index is -0.503. The quantitative estimate of drug-likeness (QED) is 0.493. The van der Waals surface area contributed by atoms with Crippen molar-refractivity contribution in [1.29, 1.82) is 0 Å². The van der Waals surface area contributed by atoms with Gasteiger partial charge in [0, 0.05) is 12.3 Å². The highest BCUT2D eigenvalue weighted by Crippen LogP contribution is 2.35. The van der Waals surface area contributed by atoms with Crippen molar-refractivity contribution in [1.82, 2.24) is 15.2 Å². The Labute approximate surface area is 141 Å². The Morgan fingerprint density at radius 2 is 2.08 bits per heavy atom. The van der Waals surface area contributed by atoms with Gasteiger partial charge in [-0.05, 0) is 36.9 Å². The smallest absolute Gasteiger partial charge is 0.301 e. The van der Waals surface area contributed by atoms with Gasteiger partial charge in [0.05, 0.1) is 17.1 Å². The fraction of sp³-hybridized carbons (Fsp3) is 0.133. The zero-order valence-electron chi connectivity index (χ0n) is 12.6. The van der Waals surface area contributed by atoms with E-state index in [1.54, 1.807) is 12.1 Å². The van der Waals surface area contributed by atoms with E-state index in [9.17, 15) is 10.1 Å². The predicted octanol–water partition coefficient (Wildman–Crippen LogP) is 3.59. The summed E-state index contributed by atoms with van der Waals surface area (Å²) in [6, 6.07) is 10.2. The molecule has 0 bridgehead atoms. The van der Waals surface area contributed by atoms with Gasteiger partial charge < -0.3 is 9.15 Å². The van der Waals surface area contributed by atoms with E-state index >= 15 is 0 Å². The second kappa shape index (κ2) is 7.09. The monoisotopic (exact) mass is 344 g/mol. The van der Waals surface area contributed by atoms with Crippen molar-refractivity contribution < 1.29 is 14.1 Å². The van der Waals surface area contributed by atoms with Gasteiger partial charge in [0.25, 0.3) is 11.1 Å². The summed E-state index contributed by atoms with van der Waals surface area (Å²) in [5, 5.41) is 19.3. The number of hydrogen-bond acceptors (Lipinski definition) is 8. The summed E-state index contributed by atoms with van der Waals surface area (Å²) in [6.45, 7) is 2.39. The first-order chi connectivity index (χ1) is 11.7. The van der Waals surface area contributed by atoms with Crippen LogP contribution in [0.1, 0.15) is 6.92 Å². The Hall–Kier alpha value is -2.94. The molecule has 0 aliphatic carbocycles. The van der Waals surface area contributed by atoms with Gasteiger partial charge in [-0.2, -0.15) is 0 Å². The van der Waals surface area contributed by atoms with Gasteiger partial charge in [-0.15, -0.1) is 10.2 Å². The molecule has 0 saturated carbocycles. The highest BCUT2D eigenvalue weighted by Gasteiger charge is 2.20. The molecule has 24 heavy (non-hydrogen) atoms. The molecular formula is C15H12N4O4S. The molecule has 122 valence electrons. The number of para-hydroxylation sites is 1. The summed E-state index contributed by atoms with van der Waals surface area (Å²) in [4.78, 5) is 14.5. The minimum absolute atomic E-state index is 0.114. The molecule has 2 heterocycles. The number of nitrogens with zero attached hydrogens (tertiary/aromatic N) is 4. The molecule has 0 radical (unpaired) electrons. The third-order valence-corrected chi connectivity index (χ3v) is 3.80. The molecule has 0 saturated heterocycles. The molecule has 3 aromatic rings. The molecule has 0 atom stereocenters. The van der Waals surface area contributed by atoms with E-state index in [2.05, 4.69) is 15.2 Å². The Kier molecular flexibility index (Phi) is 4.71. The fourth-order valence-corrected chi connectivity index (χ4v) is 2.70. The molecule has 1 aromatic carbocycles. The van der Waals surface area contributed by atoms with Gasteiger partial charge in [0.1, 0.15) is 5.75 Å². The van der Waals surface area contributed by atoms with Crippen molar-refractivity contribution in [3.63, 3.8) is 0 Å². The van der Waals surface area contributed by atoms with Crippen molar-refractivity contribution in [3.8, 4) is 17.2 Å². The number of aromatic nitrogens is 3. The van der Waals surface area contributed by atoms with E-state index in [0.717, 1.165) is 11.8 Å². The molecule has 0 spiro atoms. The maximum atomic E-state index is 11.0. The second-order valence-electron chi connectivity index (χ2n) is 4.49. The lowest BCUT2D eigenvalue weighted by molar-refractivity contribution is -0.388. The Balaban J connectivity index is 1.89. The summed E-state index contributed by atoms with van der Waals surface area (Å²) in [7, 11) is 0. The van der Waals surface area contributed by atoms with Crippen molar-refractivity contribution in [2.45, 2.75) is 17.2 Å². The summed E-state index contributed by atoms with van der Waals surface area (Å²) >= 11 is 0.943. The van der Waals surface area contributed by atoms with Gasteiger partial charge in [-0.1, -0.05) is 12.1 Å². The standard InChI is InChI=1S/C15H12N4O4S/c1-2-22-12-8-4-3-6-10(12)13-17-18-15(23-13)24-14-11(19(20)21)7-5-9-16-14/h3-9H,2H2,1H3. The van der Waals surface area contributed by atoms with Gasteiger partial charge in [-0.3, -0.25) is 10.1 Å². The largest absolute Gasteiger partial charge is 0.493 e. The highest BCUT2D eigenvalue weighted by molar-refractivity contribution is 7.99. The number of hydrogen-bond donors (Lipinski definition) is 0. The number of nitro groups is 1. The first-order valence-corrected chi connectivity index (χ1v) is 7.83. The molecular weight excluding hydrogens is 332 g/mol. The van der Waals surface area contributed by atoms with E-state index in [1.165, 1.54) is 18.3 Å². The van der Waals surface area contributed by atoms with E-state index in [0.29, 0.717) is 17.9 Å². The summed E-state index contributed by atoms with van der Waals surface area (Å²) in [5.74, 6) is 0.907. The average Bonchev–Trinajstić information content (AvgIpc) is 3.04. The van der Waals surface area contributed by atoms with Crippen LogP contribution < -0.4 is 4.74 Å². The zero-order valence-corrected chi connectivity index (χ0v) is 13.4. The molecule has 2 aromatic heterocycles. The van der Waals surface area contributed by atoms with Crippen LogP contribution in [0, 0.1) is 10.1 Å². The maximum absolute atomic E-state index is 11.0. The lowest BCUT2D eigenvalue weighted by atomic mass is 10.2. The molecule has 0 aliphatic heterocycles. The SMILES string of the molecule is CCOc1ccccc1-c1nnc(Sc2ncccc2[N+](=O)[O-])o1. The third-order valence-electron chi connectivity index (χ3n) is 2.96. The molecule has 0 unspecified atom stereocenters. The lowest BCUT2D eigenvalue weighted by Crippen LogP contribution is -1.93. The molecule has 0 aliphatic rings. The molecule has 9 heteroatoms. The van der Waals surface area contributed by atoms with E-state index < -0.39 is 4.92 Å².